The van der Waals surface area contributed by atoms with Gasteiger partial charge in [0, 0.05) is 25.2 Å². The predicted molar refractivity (Wildman–Crippen MR) is 95.1 cm³/mol. The standard InChI is InChI=1S/C19H24N4O3/c1-4-14-21-22-18(26-14)19-7-5-6-13(19)9-23(10-19)17(25)15-11(2)8-12(3)20-16(15)24/h8,13H,4-7,9-10H2,1-3H3,(H,20,24)/t13-,19-/m0/s1. The Morgan fingerprint density at radius 3 is 2.92 bits per heavy atom. The van der Waals surface area contributed by atoms with E-state index in [1.54, 1.807) is 4.90 Å². The van der Waals surface area contributed by atoms with Crippen molar-refractivity contribution in [3.8, 4) is 0 Å². The number of hydrogen-bond donors (Lipinski definition) is 1. The van der Waals surface area contributed by atoms with Crippen molar-refractivity contribution in [3.05, 3.63) is 45.0 Å². The molecule has 0 unspecified atom stereocenters. The zero-order valence-corrected chi connectivity index (χ0v) is 15.5. The number of aromatic amines is 1. The Balaban J connectivity index is 1.67. The van der Waals surface area contributed by atoms with Gasteiger partial charge < -0.3 is 14.3 Å². The largest absolute Gasteiger partial charge is 0.425 e. The zero-order chi connectivity index (χ0) is 18.5. The molecule has 2 atom stereocenters. The van der Waals surface area contributed by atoms with Crippen molar-refractivity contribution in [1.29, 1.82) is 0 Å². The summed E-state index contributed by atoms with van der Waals surface area (Å²) in [6, 6.07) is 1.84. The molecule has 2 aromatic heterocycles. The Morgan fingerprint density at radius 2 is 2.23 bits per heavy atom. The molecule has 3 heterocycles. The van der Waals surface area contributed by atoms with E-state index in [1.807, 2.05) is 26.8 Å². The van der Waals surface area contributed by atoms with Crippen molar-refractivity contribution < 1.29 is 9.21 Å². The average molecular weight is 356 g/mol. The van der Waals surface area contributed by atoms with Gasteiger partial charge in [-0.05, 0) is 44.2 Å². The third-order valence-corrected chi connectivity index (χ3v) is 5.93. The van der Waals surface area contributed by atoms with Crippen molar-refractivity contribution in [2.75, 3.05) is 13.1 Å². The van der Waals surface area contributed by atoms with Crippen molar-refractivity contribution >= 4 is 5.91 Å². The van der Waals surface area contributed by atoms with Gasteiger partial charge in [-0.2, -0.15) is 0 Å². The Labute approximate surface area is 151 Å². The van der Waals surface area contributed by atoms with Gasteiger partial charge in [-0.1, -0.05) is 13.3 Å². The van der Waals surface area contributed by atoms with Crippen LogP contribution in [0.5, 0.6) is 0 Å². The minimum absolute atomic E-state index is 0.201. The molecule has 0 aromatic carbocycles. The molecule has 4 rings (SSSR count). The van der Waals surface area contributed by atoms with Crippen LogP contribution >= 0.6 is 0 Å². The number of fused-ring (bicyclic) bond motifs is 1. The van der Waals surface area contributed by atoms with Crippen LogP contribution in [0.2, 0.25) is 0 Å². The van der Waals surface area contributed by atoms with Crippen LogP contribution in [0.25, 0.3) is 0 Å². The molecule has 2 fully saturated rings. The lowest BCUT2D eigenvalue weighted by Crippen LogP contribution is -2.37. The van der Waals surface area contributed by atoms with Gasteiger partial charge in [0.15, 0.2) is 0 Å². The van der Waals surface area contributed by atoms with Crippen molar-refractivity contribution in [3.63, 3.8) is 0 Å². The number of rotatable bonds is 3. The normalized spacial score (nSPS) is 24.9. The van der Waals surface area contributed by atoms with E-state index in [-0.39, 0.29) is 22.4 Å². The van der Waals surface area contributed by atoms with Gasteiger partial charge >= 0.3 is 0 Å². The molecule has 0 spiro atoms. The summed E-state index contributed by atoms with van der Waals surface area (Å²) >= 11 is 0. The van der Waals surface area contributed by atoms with Crippen LogP contribution in [0.4, 0.5) is 0 Å². The number of nitrogens with one attached hydrogen (secondary N) is 1. The van der Waals surface area contributed by atoms with Gasteiger partial charge in [-0.3, -0.25) is 9.59 Å². The Morgan fingerprint density at radius 1 is 1.42 bits per heavy atom. The molecule has 2 aromatic rings. The number of carbonyl (C=O) groups excluding carboxylic acids is 1. The molecule has 7 heteroatoms. The van der Waals surface area contributed by atoms with Gasteiger partial charge in [0.25, 0.3) is 11.5 Å². The highest BCUT2D eigenvalue weighted by Gasteiger charge is 2.55. The highest BCUT2D eigenvalue weighted by Crippen LogP contribution is 2.50. The van der Waals surface area contributed by atoms with E-state index in [4.69, 9.17) is 4.42 Å². The Hall–Kier alpha value is -2.44. The van der Waals surface area contributed by atoms with Crippen LogP contribution in [0.1, 0.15) is 59.6 Å². The molecule has 1 aliphatic carbocycles. The number of carbonyl (C=O) groups is 1. The lowest BCUT2D eigenvalue weighted by Gasteiger charge is -2.24. The molecule has 1 saturated carbocycles. The van der Waals surface area contributed by atoms with Crippen molar-refractivity contribution in [1.82, 2.24) is 20.1 Å². The fourth-order valence-corrected chi connectivity index (χ4v) is 4.67. The second kappa shape index (κ2) is 6.07. The molecule has 0 bridgehead atoms. The van der Waals surface area contributed by atoms with E-state index in [0.717, 1.165) is 25.0 Å². The Kier molecular flexibility index (Phi) is 3.97. The van der Waals surface area contributed by atoms with Crippen LogP contribution < -0.4 is 5.56 Å². The van der Waals surface area contributed by atoms with E-state index < -0.39 is 0 Å². The maximum Gasteiger partial charge on any atom is 0.261 e. The van der Waals surface area contributed by atoms with E-state index in [2.05, 4.69) is 15.2 Å². The van der Waals surface area contributed by atoms with Gasteiger partial charge in [0.1, 0.15) is 5.56 Å². The van der Waals surface area contributed by atoms with Crippen LogP contribution in [0.3, 0.4) is 0 Å². The molecule has 1 aliphatic heterocycles. The monoisotopic (exact) mass is 356 g/mol. The fraction of sp³-hybridized carbons (Fsp3) is 0.579. The van der Waals surface area contributed by atoms with Crippen molar-refractivity contribution in [2.24, 2.45) is 5.92 Å². The molecule has 0 radical (unpaired) electrons. The highest BCUT2D eigenvalue weighted by molar-refractivity contribution is 5.95. The third kappa shape index (κ3) is 2.48. The zero-order valence-electron chi connectivity index (χ0n) is 15.5. The van der Waals surface area contributed by atoms with Crippen LogP contribution in [-0.2, 0) is 11.8 Å². The molecule has 1 saturated heterocycles. The Bertz CT molecular complexity index is 916. The highest BCUT2D eigenvalue weighted by atomic mass is 16.4. The number of aromatic nitrogens is 3. The smallest absolute Gasteiger partial charge is 0.261 e. The maximum absolute atomic E-state index is 13.1. The lowest BCUT2D eigenvalue weighted by molar-refractivity contribution is 0.0773. The number of aryl methyl sites for hydroxylation is 3. The third-order valence-electron chi connectivity index (χ3n) is 5.93. The topological polar surface area (TPSA) is 92.1 Å². The first-order valence-corrected chi connectivity index (χ1v) is 9.27. The SMILES string of the molecule is CCc1nnc([C@]23CCC[C@H]2CN(C(=O)c2c(C)cc(C)[nH]c2=O)C3)o1. The molecule has 26 heavy (non-hydrogen) atoms. The van der Waals surface area contributed by atoms with Crippen LogP contribution in [-0.4, -0.2) is 39.1 Å². The van der Waals surface area contributed by atoms with Gasteiger partial charge in [-0.25, -0.2) is 0 Å². The fourth-order valence-electron chi connectivity index (χ4n) is 4.67. The summed E-state index contributed by atoms with van der Waals surface area (Å²) in [5, 5.41) is 8.42. The van der Waals surface area contributed by atoms with Crippen molar-refractivity contribution in [2.45, 2.75) is 51.9 Å². The molecule has 2 aliphatic rings. The summed E-state index contributed by atoms with van der Waals surface area (Å²) in [5.74, 6) is 1.39. The van der Waals surface area contributed by atoms with E-state index in [9.17, 15) is 9.59 Å². The van der Waals surface area contributed by atoms with Gasteiger partial charge in [0.05, 0.1) is 5.41 Å². The molecule has 1 amide bonds. The number of likely N-dealkylation sites (tertiary alicyclic amines) is 1. The average Bonchev–Trinajstić information content (AvgIpc) is 3.27. The number of nitrogens with zero attached hydrogens (tertiary/aromatic N) is 3. The summed E-state index contributed by atoms with van der Waals surface area (Å²) in [4.78, 5) is 30.0. The predicted octanol–water partition coefficient (Wildman–Crippen LogP) is 2.13. The summed E-state index contributed by atoms with van der Waals surface area (Å²) in [5.41, 5.74) is 1.14. The van der Waals surface area contributed by atoms with Gasteiger partial charge in [-0.15, -0.1) is 10.2 Å². The van der Waals surface area contributed by atoms with Gasteiger partial charge in [0.2, 0.25) is 11.8 Å². The second-order valence-corrected chi connectivity index (χ2v) is 7.62. The number of amides is 1. The van der Waals surface area contributed by atoms with Crippen LogP contribution in [0.15, 0.2) is 15.3 Å². The molecule has 138 valence electrons. The second-order valence-electron chi connectivity index (χ2n) is 7.62. The molecule has 1 N–H and O–H groups in total. The first kappa shape index (κ1) is 17.0. The summed E-state index contributed by atoms with van der Waals surface area (Å²) in [6.07, 6.45) is 3.78. The summed E-state index contributed by atoms with van der Waals surface area (Å²) < 4.78 is 5.89. The number of hydrogen-bond acceptors (Lipinski definition) is 5. The maximum atomic E-state index is 13.1. The molecular formula is C19H24N4O3. The van der Waals surface area contributed by atoms with E-state index in [1.165, 1.54) is 0 Å². The van der Waals surface area contributed by atoms with E-state index in [0.29, 0.717) is 42.8 Å². The minimum atomic E-state index is -0.315. The first-order valence-electron chi connectivity index (χ1n) is 9.27. The lowest BCUT2D eigenvalue weighted by atomic mass is 9.80. The number of H-pyrrole nitrogens is 1. The first-order chi connectivity index (χ1) is 12.4. The minimum Gasteiger partial charge on any atom is -0.425 e. The summed E-state index contributed by atoms with van der Waals surface area (Å²) in [6.45, 7) is 6.79. The quantitative estimate of drug-likeness (QED) is 0.909. The van der Waals surface area contributed by atoms with Crippen LogP contribution in [0, 0.1) is 19.8 Å². The number of pyridine rings is 1. The summed E-state index contributed by atoms with van der Waals surface area (Å²) in [7, 11) is 0. The molecular weight excluding hydrogens is 332 g/mol. The molecule has 7 nitrogen and oxygen atoms in total. The van der Waals surface area contributed by atoms with E-state index >= 15 is 0 Å².